The molecule has 0 atom stereocenters. The topological polar surface area (TPSA) is 52.6 Å². The largest absolute Gasteiger partial charge is 0.369 e. The summed E-state index contributed by atoms with van der Waals surface area (Å²) in [4.78, 5) is 5.35. The van der Waals surface area contributed by atoms with Gasteiger partial charge in [0.2, 0.25) is 10.0 Å². The van der Waals surface area contributed by atoms with Crippen molar-refractivity contribution in [2.75, 3.05) is 26.2 Å². The number of sulfonamides is 1. The van der Waals surface area contributed by atoms with Crippen LogP contribution in [0.2, 0.25) is 0 Å². The van der Waals surface area contributed by atoms with Crippen molar-refractivity contribution < 1.29 is 8.42 Å². The molecule has 2 fully saturated rings. The minimum atomic E-state index is -3.42. The Morgan fingerprint density at radius 2 is 1.42 bits per heavy atom. The van der Waals surface area contributed by atoms with Crippen LogP contribution >= 0.6 is 0 Å². The Kier molecular flexibility index (Phi) is 16.9. The molecule has 1 saturated heterocycles. The normalized spacial score (nSPS) is 23.1. The quantitative estimate of drug-likeness (QED) is 0.433. The van der Waals surface area contributed by atoms with Gasteiger partial charge in [-0.15, -0.1) is 0 Å². The van der Waals surface area contributed by atoms with E-state index in [0.29, 0.717) is 10.9 Å². The monoisotopic (exact) mass is 479 g/mol. The van der Waals surface area contributed by atoms with Gasteiger partial charge in [-0.3, -0.25) is 4.90 Å². The minimum absolute atomic E-state index is 0.0366. The highest BCUT2D eigenvalue weighted by Crippen LogP contribution is 2.26. The molecule has 1 aliphatic heterocycles. The molecule has 2 aliphatic rings. The van der Waals surface area contributed by atoms with Crippen molar-refractivity contribution in [3.05, 3.63) is 59.7 Å². The predicted molar refractivity (Wildman–Crippen MR) is 146 cm³/mol. The lowest BCUT2D eigenvalue weighted by Crippen LogP contribution is -2.51. The molecule has 2 rings (SSSR count). The van der Waals surface area contributed by atoms with Crippen LogP contribution in [0, 0.1) is 0 Å². The Morgan fingerprint density at radius 1 is 0.879 bits per heavy atom. The van der Waals surface area contributed by atoms with Crippen molar-refractivity contribution in [2.45, 2.75) is 86.2 Å². The molecule has 0 unspecified atom stereocenters. The molecule has 5 nitrogen and oxygen atoms in total. The van der Waals surface area contributed by atoms with Gasteiger partial charge in [-0.2, -0.15) is 0 Å². The van der Waals surface area contributed by atoms with Crippen LogP contribution in [-0.2, 0) is 10.0 Å². The second-order valence-corrected chi connectivity index (χ2v) is 9.38. The lowest BCUT2D eigenvalue weighted by molar-refractivity contribution is 0.0915. The molecular weight excluding hydrogens is 430 g/mol. The molecule has 0 amide bonds. The standard InChI is InChI=1S/C23H37N3O2S.2C2H6/c1-5-9-21(10-6-2)25-16-18-26(19-17-25)22-14-12-20(13-15-22)24-29(27,28)23(8-4)11-7-3;2*1-2/h5-11,20,22,24H,1,12-19H2,2-4H3;2*1-2H3/b10-6-,11-7-,21-9+,23-8+;;. The number of hydrogen-bond donors (Lipinski definition) is 1. The van der Waals surface area contributed by atoms with Gasteiger partial charge in [0, 0.05) is 44.0 Å². The highest BCUT2D eigenvalue weighted by Gasteiger charge is 2.30. The maximum atomic E-state index is 12.5. The highest BCUT2D eigenvalue weighted by molar-refractivity contribution is 7.93. The fraction of sp³-hybridized carbons (Fsp3) is 0.630. The predicted octanol–water partition coefficient (Wildman–Crippen LogP) is 6.01. The summed E-state index contributed by atoms with van der Waals surface area (Å²) in [6.07, 6.45) is 17.1. The molecule has 33 heavy (non-hydrogen) atoms. The van der Waals surface area contributed by atoms with Gasteiger partial charge in [-0.25, -0.2) is 13.1 Å². The SMILES string of the molecule is C=C/C=C(\C=C/C)N1CCN(C2CCC(NS(=O)(=O)C(/C=C\C)=C/C)CC2)CC1.CC.CC. The van der Waals surface area contributed by atoms with E-state index in [1.807, 2.05) is 47.6 Å². The molecule has 0 radical (unpaired) electrons. The number of hydrogen-bond acceptors (Lipinski definition) is 4. The summed E-state index contributed by atoms with van der Waals surface area (Å²) in [5.41, 5.74) is 1.22. The van der Waals surface area contributed by atoms with E-state index >= 15 is 0 Å². The first-order chi connectivity index (χ1) is 15.9. The first-order valence-electron chi connectivity index (χ1n) is 12.7. The van der Waals surface area contributed by atoms with E-state index in [2.05, 4.69) is 39.3 Å². The van der Waals surface area contributed by atoms with Crippen LogP contribution in [0.4, 0.5) is 0 Å². The Morgan fingerprint density at radius 3 is 1.88 bits per heavy atom. The molecule has 1 aliphatic carbocycles. The second-order valence-electron chi connectivity index (χ2n) is 7.67. The third-order valence-electron chi connectivity index (χ3n) is 5.77. The second kappa shape index (κ2) is 17.8. The summed E-state index contributed by atoms with van der Waals surface area (Å²) in [6.45, 7) is 21.6. The van der Waals surface area contributed by atoms with Crippen LogP contribution in [0.5, 0.6) is 0 Å². The molecule has 0 bridgehead atoms. The molecule has 1 saturated carbocycles. The van der Waals surface area contributed by atoms with Gasteiger partial charge in [0.25, 0.3) is 0 Å². The number of rotatable bonds is 8. The summed E-state index contributed by atoms with van der Waals surface area (Å²) >= 11 is 0. The third kappa shape index (κ3) is 10.4. The van der Waals surface area contributed by atoms with Crippen LogP contribution in [0.15, 0.2) is 59.7 Å². The van der Waals surface area contributed by atoms with E-state index in [1.165, 1.54) is 5.70 Å². The van der Waals surface area contributed by atoms with Gasteiger partial charge < -0.3 is 4.90 Å². The van der Waals surface area contributed by atoms with Crippen molar-refractivity contribution in [1.82, 2.24) is 14.5 Å². The molecule has 0 aromatic carbocycles. The summed E-state index contributed by atoms with van der Waals surface area (Å²) < 4.78 is 28.0. The average molecular weight is 480 g/mol. The number of piperazine rings is 1. The first-order valence-corrected chi connectivity index (χ1v) is 14.2. The van der Waals surface area contributed by atoms with Gasteiger partial charge >= 0.3 is 0 Å². The Balaban J connectivity index is 0.00000242. The van der Waals surface area contributed by atoms with Crippen molar-refractivity contribution in [1.29, 1.82) is 0 Å². The number of allylic oxidation sites excluding steroid dienone is 7. The summed E-state index contributed by atoms with van der Waals surface area (Å²) in [5.74, 6) is 0. The van der Waals surface area contributed by atoms with Gasteiger partial charge in [0.05, 0.1) is 4.91 Å². The summed E-state index contributed by atoms with van der Waals surface area (Å²) in [5, 5.41) is 0. The fourth-order valence-electron chi connectivity index (χ4n) is 4.25. The lowest BCUT2D eigenvalue weighted by Gasteiger charge is -2.43. The third-order valence-corrected chi connectivity index (χ3v) is 7.40. The molecule has 1 N–H and O–H groups in total. The van der Waals surface area contributed by atoms with Gasteiger partial charge in [0.1, 0.15) is 0 Å². The van der Waals surface area contributed by atoms with Gasteiger partial charge in [-0.05, 0) is 64.7 Å². The maximum Gasteiger partial charge on any atom is 0.240 e. The van der Waals surface area contributed by atoms with Gasteiger partial charge in [0.15, 0.2) is 0 Å². The average Bonchev–Trinajstić information content (AvgIpc) is 2.85. The van der Waals surface area contributed by atoms with Crippen LogP contribution < -0.4 is 4.72 Å². The maximum absolute atomic E-state index is 12.5. The zero-order valence-electron chi connectivity index (χ0n) is 22.2. The molecule has 1 heterocycles. The smallest absolute Gasteiger partial charge is 0.240 e. The van der Waals surface area contributed by atoms with Crippen molar-refractivity contribution in [3.8, 4) is 0 Å². The molecular formula is C27H49N3O2S. The van der Waals surface area contributed by atoms with E-state index in [0.717, 1.165) is 51.9 Å². The Bertz CT molecular complexity index is 750. The minimum Gasteiger partial charge on any atom is -0.369 e. The van der Waals surface area contributed by atoms with E-state index in [4.69, 9.17) is 0 Å². The Labute approximate surface area is 205 Å². The fourth-order valence-corrected chi connectivity index (χ4v) is 5.69. The molecule has 0 spiro atoms. The summed E-state index contributed by atoms with van der Waals surface area (Å²) in [7, 11) is -3.42. The van der Waals surface area contributed by atoms with Crippen LogP contribution in [0.1, 0.15) is 74.1 Å². The first kappa shape index (κ1) is 31.4. The van der Waals surface area contributed by atoms with Crippen LogP contribution in [0.25, 0.3) is 0 Å². The highest BCUT2D eigenvalue weighted by atomic mass is 32.2. The lowest BCUT2D eigenvalue weighted by atomic mass is 9.90. The zero-order valence-corrected chi connectivity index (χ0v) is 23.0. The molecule has 0 aromatic rings. The number of nitrogens with zero attached hydrogens (tertiary/aromatic N) is 2. The van der Waals surface area contributed by atoms with Gasteiger partial charge in [-0.1, -0.05) is 58.6 Å². The molecule has 6 heteroatoms. The summed E-state index contributed by atoms with van der Waals surface area (Å²) in [6, 6.07) is 0.595. The zero-order chi connectivity index (χ0) is 25.3. The Hall–Kier alpha value is -1.63. The molecule has 0 aromatic heterocycles. The van der Waals surface area contributed by atoms with Crippen molar-refractivity contribution in [3.63, 3.8) is 0 Å². The van der Waals surface area contributed by atoms with Crippen molar-refractivity contribution >= 4 is 10.0 Å². The van der Waals surface area contributed by atoms with E-state index < -0.39 is 10.0 Å². The van der Waals surface area contributed by atoms with E-state index in [-0.39, 0.29) is 6.04 Å². The van der Waals surface area contributed by atoms with E-state index in [1.54, 1.807) is 25.2 Å². The van der Waals surface area contributed by atoms with Crippen LogP contribution in [-0.4, -0.2) is 56.5 Å². The van der Waals surface area contributed by atoms with E-state index in [9.17, 15) is 8.42 Å². The van der Waals surface area contributed by atoms with Crippen LogP contribution in [0.3, 0.4) is 0 Å². The van der Waals surface area contributed by atoms with Crippen molar-refractivity contribution in [2.24, 2.45) is 0 Å². The number of nitrogens with one attached hydrogen (secondary N) is 1. The molecule has 190 valence electrons.